The molecule has 1 fully saturated rings. The molecule has 5 aromatic rings. The van der Waals surface area contributed by atoms with E-state index in [4.69, 9.17) is 16.7 Å². The van der Waals surface area contributed by atoms with Crippen LogP contribution in [-0.4, -0.2) is 66.9 Å². The monoisotopic (exact) mass is 588 g/mol. The molecule has 218 valence electrons. The number of nitrogens with zero attached hydrogens (tertiary/aromatic N) is 6. The van der Waals surface area contributed by atoms with Gasteiger partial charge < -0.3 is 14.8 Å². The zero-order valence-electron chi connectivity index (χ0n) is 23.9. The average Bonchev–Trinajstić information content (AvgIpc) is 3.58. The minimum atomic E-state index is -0.514. The van der Waals surface area contributed by atoms with Gasteiger partial charge >= 0.3 is 5.69 Å². The number of hydrogen-bond donors (Lipinski definition) is 2. The van der Waals surface area contributed by atoms with Gasteiger partial charge in [-0.05, 0) is 62.3 Å². The van der Waals surface area contributed by atoms with Gasteiger partial charge in [-0.1, -0.05) is 24.4 Å². The number of aromatic amines is 1. The van der Waals surface area contributed by atoms with Gasteiger partial charge in [0.1, 0.15) is 11.1 Å². The van der Waals surface area contributed by atoms with Crippen molar-refractivity contribution in [3.8, 4) is 11.4 Å². The SMILES string of the molecule is CN(C)CCNC(=O)c1cc(-c2c3c(=O)[nH]c(=O)n(CCC4CC4)c3nn2Cc2ccnc3ccc(Cl)cc23)n(C)c1. The molecule has 42 heavy (non-hydrogen) atoms. The number of fused-ring (bicyclic) bond motifs is 2. The quantitative estimate of drug-likeness (QED) is 0.258. The number of amides is 1. The lowest BCUT2D eigenvalue weighted by Gasteiger charge is -2.11. The molecule has 1 amide bonds. The van der Waals surface area contributed by atoms with Crippen LogP contribution < -0.4 is 16.6 Å². The van der Waals surface area contributed by atoms with Crippen LogP contribution in [0.5, 0.6) is 0 Å². The van der Waals surface area contributed by atoms with Crippen molar-refractivity contribution >= 4 is 39.4 Å². The number of hydrogen-bond acceptors (Lipinski definition) is 6. The maximum atomic E-state index is 13.4. The molecule has 0 unspecified atom stereocenters. The van der Waals surface area contributed by atoms with Crippen LogP contribution in [0.4, 0.5) is 0 Å². The molecule has 4 aromatic heterocycles. The van der Waals surface area contributed by atoms with E-state index in [0.29, 0.717) is 58.6 Å². The Kier molecular flexibility index (Phi) is 7.46. The van der Waals surface area contributed by atoms with Gasteiger partial charge in [0.25, 0.3) is 11.5 Å². The number of halogens is 1. The van der Waals surface area contributed by atoms with Crippen LogP contribution in [0.25, 0.3) is 33.3 Å². The number of aromatic nitrogens is 6. The Morgan fingerprint density at radius 3 is 2.76 bits per heavy atom. The third kappa shape index (κ3) is 5.49. The summed E-state index contributed by atoms with van der Waals surface area (Å²) in [6.07, 6.45) is 6.62. The van der Waals surface area contributed by atoms with Crippen molar-refractivity contribution in [3.05, 3.63) is 79.7 Å². The lowest BCUT2D eigenvalue weighted by Crippen LogP contribution is -2.31. The molecule has 0 saturated heterocycles. The van der Waals surface area contributed by atoms with Gasteiger partial charge in [-0.3, -0.25) is 28.8 Å². The predicted octanol–water partition coefficient (Wildman–Crippen LogP) is 3.23. The molecule has 12 heteroatoms. The molecule has 0 aliphatic heterocycles. The first-order valence-corrected chi connectivity index (χ1v) is 14.4. The van der Waals surface area contributed by atoms with E-state index in [0.717, 1.165) is 35.7 Å². The fraction of sp³-hybridized carbons (Fsp3) is 0.367. The first kappa shape index (κ1) is 27.9. The van der Waals surface area contributed by atoms with Crippen LogP contribution >= 0.6 is 11.6 Å². The summed E-state index contributed by atoms with van der Waals surface area (Å²) in [6, 6.07) is 9.17. The number of nitrogens with one attached hydrogen (secondary N) is 2. The van der Waals surface area contributed by atoms with Crippen LogP contribution in [0, 0.1) is 5.92 Å². The Balaban J connectivity index is 1.51. The molecule has 2 N–H and O–H groups in total. The van der Waals surface area contributed by atoms with Crippen LogP contribution in [0.3, 0.4) is 0 Å². The highest BCUT2D eigenvalue weighted by Crippen LogP contribution is 2.34. The summed E-state index contributed by atoms with van der Waals surface area (Å²) in [7, 11) is 5.72. The molecule has 1 aliphatic carbocycles. The van der Waals surface area contributed by atoms with E-state index in [1.165, 1.54) is 0 Å². The Morgan fingerprint density at radius 2 is 2.00 bits per heavy atom. The summed E-state index contributed by atoms with van der Waals surface area (Å²) >= 11 is 6.34. The van der Waals surface area contributed by atoms with Gasteiger partial charge in [0.15, 0.2) is 5.65 Å². The maximum Gasteiger partial charge on any atom is 0.330 e. The number of H-pyrrole nitrogens is 1. The topological polar surface area (TPSA) is 123 Å². The third-order valence-corrected chi connectivity index (χ3v) is 8.04. The van der Waals surface area contributed by atoms with E-state index in [1.54, 1.807) is 33.8 Å². The van der Waals surface area contributed by atoms with Crippen molar-refractivity contribution < 1.29 is 4.79 Å². The first-order valence-electron chi connectivity index (χ1n) is 14.1. The molecular weight excluding hydrogens is 556 g/mol. The second-order valence-electron chi connectivity index (χ2n) is 11.3. The lowest BCUT2D eigenvalue weighted by atomic mass is 10.1. The molecule has 0 radical (unpaired) electrons. The molecule has 1 saturated carbocycles. The summed E-state index contributed by atoms with van der Waals surface area (Å²) in [5, 5.41) is 9.59. The van der Waals surface area contributed by atoms with Crippen molar-refractivity contribution in [2.45, 2.75) is 32.4 Å². The molecule has 4 heterocycles. The highest BCUT2D eigenvalue weighted by Gasteiger charge is 2.26. The average molecular weight is 589 g/mol. The number of benzene rings is 1. The van der Waals surface area contributed by atoms with Gasteiger partial charge in [-0.15, -0.1) is 0 Å². The summed E-state index contributed by atoms with van der Waals surface area (Å²) < 4.78 is 5.12. The van der Waals surface area contributed by atoms with Crippen molar-refractivity contribution in [3.63, 3.8) is 0 Å². The molecule has 1 aliphatic rings. The smallest absolute Gasteiger partial charge is 0.330 e. The Morgan fingerprint density at radius 1 is 1.19 bits per heavy atom. The highest BCUT2D eigenvalue weighted by atomic mass is 35.5. The fourth-order valence-corrected chi connectivity index (χ4v) is 5.54. The van der Waals surface area contributed by atoms with Gasteiger partial charge in [0.2, 0.25) is 0 Å². The normalized spacial score (nSPS) is 13.5. The zero-order valence-corrected chi connectivity index (χ0v) is 24.6. The summed E-state index contributed by atoms with van der Waals surface area (Å²) in [6.45, 7) is 1.96. The Labute approximate surface area is 246 Å². The van der Waals surface area contributed by atoms with Crippen molar-refractivity contribution in [1.29, 1.82) is 0 Å². The number of likely N-dealkylation sites (N-methyl/N-ethyl adjacent to an activating group) is 1. The summed E-state index contributed by atoms with van der Waals surface area (Å²) in [4.78, 5) is 48.4. The van der Waals surface area contributed by atoms with Crippen LogP contribution in [0.2, 0.25) is 5.02 Å². The molecular formula is C30H33ClN8O3. The van der Waals surface area contributed by atoms with Crippen LogP contribution in [0.15, 0.2) is 52.3 Å². The minimum Gasteiger partial charge on any atom is -0.351 e. The maximum absolute atomic E-state index is 13.4. The summed E-state index contributed by atoms with van der Waals surface area (Å²) in [5.74, 6) is 0.383. The van der Waals surface area contributed by atoms with E-state index in [9.17, 15) is 14.4 Å². The molecule has 0 bridgehead atoms. The first-order chi connectivity index (χ1) is 20.2. The second-order valence-corrected chi connectivity index (χ2v) is 11.7. The largest absolute Gasteiger partial charge is 0.351 e. The molecule has 11 nitrogen and oxygen atoms in total. The number of carbonyl (C=O) groups excluding carboxylic acids is 1. The predicted molar refractivity (Wildman–Crippen MR) is 163 cm³/mol. The lowest BCUT2D eigenvalue weighted by molar-refractivity contribution is 0.0951. The fourth-order valence-electron chi connectivity index (χ4n) is 5.36. The molecule has 0 spiro atoms. The van der Waals surface area contributed by atoms with Gasteiger partial charge in [0, 0.05) is 49.5 Å². The summed E-state index contributed by atoms with van der Waals surface area (Å²) in [5.41, 5.74) is 2.64. The van der Waals surface area contributed by atoms with E-state index in [2.05, 4.69) is 15.3 Å². The van der Waals surface area contributed by atoms with Gasteiger partial charge in [0.05, 0.1) is 23.3 Å². The number of carbonyl (C=O) groups is 1. The van der Waals surface area contributed by atoms with E-state index in [1.807, 2.05) is 48.8 Å². The number of pyridine rings is 1. The van der Waals surface area contributed by atoms with Gasteiger partial charge in [-0.2, -0.15) is 5.10 Å². The van der Waals surface area contributed by atoms with E-state index < -0.39 is 11.2 Å². The third-order valence-electron chi connectivity index (χ3n) is 7.81. The second kappa shape index (κ2) is 11.2. The zero-order chi connectivity index (χ0) is 29.5. The van der Waals surface area contributed by atoms with Crippen molar-refractivity contribution in [2.24, 2.45) is 13.0 Å². The standard InChI is InChI=1S/C30H33ClN8O3/c1-36(2)13-11-33-28(40)20-14-24(37(3)16-20)26-25-27(38(12-9-18-4-5-18)30(42)34-29(25)41)35-39(26)17-19-8-10-32-23-7-6-21(31)15-22(19)23/h6-8,10,14-16,18H,4-5,9,11-13,17H2,1-3H3,(H,33,40)(H,34,41,42). The van der Waals surface area contributed by atoms with Gasteiger partial charge in [-0.25, -0.2) is 4.79 Å². The van der Waals surface area contributed by atoms with Crippen LogP contribution in [-0.2, 0) is 20.1 Å². The number of aryl methyl sites for hydroxylation is 2. The van der Waals surface area contributed by atoms with Crippen molar-refractivity contribution in [1.82, 2.24) is 39.1 Å². The van der Waals surface area contributed by atoms with Crippen LogP contribution in [0.1, 0.15) is 35.2 Å². The van der Waals surface area contributed by atoms with E-state index in [-0.39, 0.29) is 12.5 Å². The number of rotatable bonds is 10. The minimum absolute atomic E-state index is 0.209. The highest BCUT2D eigenvalue weighted by molar-refractivity contribution is 6.31. The Bertz CT molecular complexity index is 1930. The Hall–Kier alpha value is -4.22. The molecule has 6 rings (SSSR count). The molecule has 0 atom stereocenters. The van der Waals surface area contributed by atoms with Crippen molar-refractivity contribution in [2.75, 3.05) is 27.2 Å². The molecule has 1 aromatic carbocycles. The van der Waals surface area contributed by atoms with E-state index >= 15 is 0 Å².